The highest BCUT2D eigenvalue weighted by Gasteiger charge is 2.29. The van der Waals surface area contributed by atoms with E-state index >= 15 is 0 Å². The number of rotatable bonds is 4. The maximum Gasteiger partial charge on any atom is 0.145 e. The average molecular weight is 272 g/mol. The fourth-order valence-corrected chi connectivity index (χ4v) is 2.69. The molecule has 3 unspecified atom stereocenters. The van der Waals surface area contributed by atoms with Gasteiger partial charge in [0.15, 0.2) is 0 Å². The van der Waals surface area contributed by atoms with Gasteiger partial charge in [0.05, 0.1) is 17.2 Å². The zero-order chi connectivity index (χ0) is 13.1. The van der Waals surface area contributed by atoms with Crippen LogP contribution in [0.5, 0.6) is 0 Å². The Balaban J connectivity index is 2.08. The largest absolute Gasteiger partial charge is 0.374 e. The molecule has 0 saturated carbocycles. The Hall–Kier alpha value is -0.640. The van der Waals surface area contributed by atoms with Gasteiger partial charge in [-0.3, -0.25) is 0 Å². The van der Waals surface area contributed by atoms with Gasteiger partial charge in [-0.1, -0.05) is 23.7 Å². The Morgan fingerprint density at radius 2 is 2.28 bits per heavy atom. The van der Waals surface area contributed by atoms with E-state index in [1.807, 2.05) is 7.05 Å². The van der Waals surface area contributed by atoms with Gasteiger partial charge < -0.3 is 10.1 Å². The lowest BCUT2D eigenvalue weighted by atomic mass is 9.99. The van der Waals surface area contributed by atoms with Crippen molar-refractivity contribution in [2.75, 3.05) is 7.05 Å². The molecule has 2 nitrogen and oxygen atoms in total. The van der Waals surface area contributed by atoms with E-state index in [0.717, 1.165) is 12.8 Å². The van der Waals surface area contributed by atoms with Crippen LogP contribution < -0.4 is 5.32 Å². The van der Waals surface area contributed by atoms with Gasteiger partial charge in [0.2, 0.25) is 0 Å². The molecule has 1 fully saturated rings. The van der Waals surface area contributed by atoms with E-state index in [1.165, 1.54) is 0 Å². The third-order valence-corrected chi connectivity index (χ3v) is 3.85. The molecule has 0 amide bonds. The Kier molecular flexibility index (Phi) is 4.60. The van der Waals surface area contributed by atoms with E-state index in [2.05, 4.69) is 12.2 Å². The minimum absolute atomic E-state index is 0.128. The second kappa shape index (κ2) is 6.00. The van der Waals surface area contributed by atoms with E-state index in [9.17, 15) is 4.39 Å². The first-order chi connectivity index (χ1) is 8.61. The van der Waals surface area contributed by atoms with Crippen LogP contribution in [-0.2, 0) is 11.2 Å². The highest BCUT2D eigenvalue weighted by Crippen LogP contribution is 2.25. The fraction of sp³-hybridized carbons (Fsp3) is 0.571. The molecule has 0 radical (unpaired) electrons. The predicted octanol–water partition coefficient (Wildman–Crippen LogP) is 3.18. The molecule has 1 aromatic rings. The van der Waals surface area contributed by atoms with Gasteiger partial charge >= 0.3 is 0 Å². The molecule has 0 aromatic heterocycles. The quantitative estimate of drug-likeness (QED) is 0.908. The normalized spacial score (nSPS) is 25.3. The van der Waals surface area contributed by atoms with Gasteiger partial charge in [0.1, 0.15) is 5.82 Å². The summed E-state index contributed by atoms with van der Waals surface area (Å²) in [5.74, 6) is -0.314. The Bertz CT molecular complexity index is 413. The van der Waals surface area contributed by atoms with Crippen LogP contribution in [0.4, 0.5) is 4.39 Å². The van der Waals surface area contributed by atoms with Crippen molar-refractivity contribution in [2.45, 2.75) is 44.4 Å². The molecule has 1 saturated heterocycles. The summed E-state index contributed by atoms with van der Waals surface area (Å²) in [6, 6.07) is 5.27. The van der Waals surface area contributed by atoms with Crippen molar-refractivity contribution in [3.8, 4) is 0 Å². The topological polar surface area (TPSA) is 21.3 Å². The van der Waals surface area contributed by atoms with E-state index in [-0.39, 0.29) is 23.0 Å². The Morgan fingerprint density at radius 3 is 2.89 bits per heavy atom. The Morgan fingerprint density at radius 1 is 1.50 bits per heavy atom. The smallest absolute Gasteiger partial charge is 0.145 e. The van der Waals surface area contributed by atoms with Crippen molar-refractivity contribution < 1.29 is 9.13 Å². The summed E-state index contributed by atoms with van der Waals surface area (Å²) >= 11 is 5.80. The van der Waals surface area contributed by atoms with Crippen LogP contribution >= 0.6 is 11.6 Å². The first-order valence-corrected chi connectivity index (χ1v) is 6.75. The van der Waals surface area contributed by atoms with Crippen LogP contribution in [0, 0.1) is 5.82 Å². The van der Waals surface area contributed by atoms with Crippen LogP contribution in [0.25, 0.3) is 0 Å². The number of hydrogen-bond donors (Lipinski definition) is 1. The van der Waals surface area contributed by atoms with Gasteiger partial charge in [-0.25, -0.2) is 4.39 Å². The summed E-state index contributed by atoms with van der Waals surface area (Å²) in [4.78, 5) is 0. The molecule has 1 heterocycles. The van der Waals surface area contributed by atoms with Crippen LogP contribution in [0.15, 0.2) is 18.2 Å². The van der Waals surface area contributed by atoms with E-state index in [1.54, 1.807) is 18.2 Å². The van der Waals surface area contributed by atoms with Crippen LogP contribution in [0.3, 0.4) is 0 Å². The molecule has 1 aliphatic heterocycles. The summed E-state index contributed by atoms with van der Waals surface area (Å²) in [5, 5.41) is 3.41. The predicted molar refractivity (Wildman–Crippen MR) is 71.5 cm³/mol. The third kappa shape index (κ3) is 3.02. The maximum atomic E-state index is 13.9. The lowest BCUT2D eigenvalue weighted by Gasteiger charge is -2.23. The molecule has 0 aliphatic carbocycles. The zero-order valence-corrected chi connectivity index (χ0v) is 11.5. The van der Waals surface area contributed by atoms with Crippen molar-refractivity contribution in [3.05, 3.63) is 34.6 Å². The molecule has 100 valence electrons. The van der Waals surface area contributed by atoms with E-state index in [4.69, 9.17) is 16.3 Å². The molecule has 18 heavy (non-hydrogen) atoms. The minimum Gasteiger partial charge on any atom is -0.374 e. The third-order valence-electron chi connectivity index (χ3n) is 3.56. The summed E-state index contributed by atoms with van der Waals surface area (Å²) in [6.07, 6.45) is 3.15. The molecule has 1 aliphatic rings. The lowest BCUT2D eigenvalue weighted by molar-refractivity contribution is 0.0336. The van der Waals surface area contributed by atoms with Crippen LogP contribution in [0.2, 0.25) is 5.02 Å². The number of ether oxygens (including phenoxy) is 1. The fourth-order valence-electron chi connectivity index (χ4n) is 2.49. The average Bonchev–Trinajstić information content (AvgIpc) is 2.78. The van der Waals surface area contributed by atoms with Crippen molar-refractivity contribution in [2.24, 2.45) is 0 Å². The standard InChI is InChI=1S/C14H19ClFNO/c1-9-6-7-13(18-9)12(17-2)8-10-4-3-5-11(15)14(10)16/h3-5,9,12-13,17H,6-8H2,1-2H3. The van der Waals surface area contributed by atoms with Gasteiger partial charge in [-0.2, -0.15) is 0 Å². The highest BCUT2D eigenvalue weighted by molar-refractivity contribution is 6.30. The second-order valence-corrected chi connectivity index (χ2v) is 5.28. The number of nitrogens with one attached hydrogen (secondary N) is 1. The molecule has 2 rings (SSSR count). The molecule has 0 spiro atoms. The molecule has 4 heteroatoms. The molecule has 1 aromatic carbocycles. The SMILES string of the molecule is CNC(Cc1cccc(Cl)c1F)C1CCC(C)O1. The van der Waals surface area contributed by atoms with Crippen molar-refractivity contribution in [1.29, 1.82) is 0 Å². The summed E-state index contributed by atoms with van der Waals surface area (Å²) < 4.78 is 19.7. The van der Waals surface area contributed by atoms with Gasteiger partial charge in [-0.15, -0.1) is 0 Å². The van der Waals surface area contributed by atoms with Gasteiger partial charge in [0.25, 0.3) is 0 Å². The Labute approximate surface area is 112 Å². The minimum atomic E-state index is -0.314. The molecular formula is C14H19ClFNO. The van der Waals surface area contributed by atoms with Crippen LogP contribution in [0.1, 0.15) is 25.3 Å². The first kappa shape index (κ1) is 13.8. The summed E-state index contributed by atoms with van der Waals surface area (Å²) in [6.45, 7) is 2.08. The molecule has 3 atom stereocenters. The van der Waals surface area contributed by atoms with E-state index in [0.29, 0.717) is 18.1 Å². The number of hydrogen-bond acceptors (Lipinski definition) is 2. The number of benzene rings is 1. The van der Waals surface area contributed by atoms with Gasteiger partial charge in [0, 0.05) is 6.04 Å². The highest BCUT2D eigenvalue weighted by atomic mass is 35.5. The van der Waals surface area contributed by atoms with E-state index < -0.39 is 0 Å². The molecule has 0 bridgehead atoms. The number of halogens is 2. The monoisotopic (exact) mass is 271 g/mol. The van der Waals surface area contributed by atoms with Crippen molar-refractivity contribution in [1.82, 2.24) is 5.32 Å². The summed E-state index contributed by atoms with van der Waals surface area (Å²) in [5.41, 5.74) is 0.644. The maximum absolute atomic E-state index is 13.9. The first-order valence-electron chi connectivity index (χ1n) is 6.37. The lowest BCUT2D eigenvalue weighted by Crippen LogP contribution is -2.39. The van der Waals surface area contributed by atoms with Crippen molar-refractivity contribution in [3.63, 3.8) is 0 Å². The van der Waals surface area contributed by atoms with Crippen molar-refractivity contribution >= 4 is 11.6 Å². The zero-order valence-electron chi connectivity index (χ0n) is 10.7. The second-order valence-electron chi connectivity index (χ2n) is 4.87. The number of likely N-dealkylation sites (N-methyl/N-ethyl adjacent to an activating group) is 1. The molecule has 1 N–H and O–H groups in total. The van der Waals surface area contributed by atoms with Gasteiger partial charge in [-0.05, 0) is 44.9 Å². The van der Waals surface area contributed by atoms with Crippen LogP contribution in [-0.4, -0.2) is 25.3 Å². The molecular weight excluding hydrogens is 253 g/mol. The summed E-state index contributed by atoms with van der Waals surface area (Å²) in [7, 11) is 1.89.